The molecule has 138 valence electrons. The molecule has 27 heavy (non-hydrogen) atoms. The fourth-order valence-electron chi connectivity index (χ4n) is 2.30. The SMILES string of the molecule is COc1ccc([N+](=O)[O-])cc1C(=O)OCc1noc(-c2ccc(C)cc2)n1. The third kappa shape index (κ3) is 4.09. The normalized spacial score (nSPS) is 10.4. The summed E-state index contributed by atoms with van der Waals surface area (Å²) in [6, 6.07) is 11.2. The largest absolute Gasteiger partial charge is 0.496 e. The molecule has 1 aromatic heterocycles. The van der Waals surface area contributed by atoms with Crippen LogP contribution in [0.15, 0.2) is 47.0 Å². The first-order valence-electron chi connectivity index (χ1n) is 7.87. The Kier molecular flexibility index (Phi) is 5.11. The van der Waals surface area contributed by atoms with Gasteiger partial charge in [0.1, 0.15) is 11.3 Å². The van der Waals surface area contributed by atoms with Gasteiger partial charge in [0, 0.05) is 17.7 Å². The zero-order chi connectivity index (χ0) is 19.4. The molecule has 2 aromatic carbocycles. The number of carbonyl (C=O) groups is 1. The van der Waals surface area contributed by atoms with E-state index in [2.05, 4.69) is 10.1 Å². The van der Waals surface area contributed by atoms with Crippen LogP contribution in [0, 0.1) is 17.0 Å². The summed E-state index contributed by atoms with van der Waals surface area (Å²) in [6.07, 6.45) is 0. The van der Waals surface area contributed by atoms with E-state index >= 15 is 0 Å². The quantitative estimate of drug-likeness (QED) is 0.369. The number of esters is 1. The Morgan fingerprint density at radius 3 is 2.63 bits per heavy atom. The molecule has 0 atom stereocenters. The summed E-state index contributed by atoms with van der Waals surface area (Å²) in [5.41, 5.74) is 1.53. The Morgan fingerprint density at radius 2 is 1.96 bits per heavy atom. The molecule has 0 fully saturated rings. The Morgan fingerprint density at radius 1 is 1.22 bits per heavy atom. The molecule has 0 saturated heterocycles. The second-order valence-corrected chi connectivity index (χ2v) is 5.60. The van der Waals surface area contributed by atoms with Crippen LogP contribution in [0.3, 0.4) is 0 Å². The van der Waals surface area contributed by atoms with Gasteiger partial charge in [0.05, 0.1) is 12.0 Å². The van der Waals surface area contributed by atoms with Crippen LogP contribution in [0.1, 0.15) is 21.7 Å². The molecule has 3 aromatic rings. The van der Waals surface area contributed by atoms with Gasteiger partial charge in [-0.1, -0.05) is 22.9 Å². The van der Waals surface area contributed by atoms with E-state index in [0.29, 0.717) is 5.89 Å². The molecule has 0 amide bonds. The first kappa shape index (κ1) is 18.1. The lowest BCUT2D eigenvalue weighted by molar-refractivity contribution is -0.384. The number of non-ortho nitro benzene ring substituents is 1. The molecule has 0 unspecified atom stereocenters. The molecule has 0 aliphatic rings. The maximum absolute atomic E-state index is 12.3. The number of aromatic nitrogens is 2. The minimum Gasteiger partial charge on any atom is -0.496 e. The van der Waals surface area contributed by atoms with Crippen LogP contribution in [0.5, 0.6) is 5.75 Å². The van der Waals surface area contributed by atoms with E-state index in [-0.39, 0.29) is 29.4 Å². The standard InChI is InChI=1S/C18H15N3O6/c1-11-3-5-12(6-4-11)17-19-16(20-27-17)10-26-18(22)14-9-13(21(23)24)7-8-15(14)25-2/h3-9H,10H2,1-2H3. The number of nitrogens with zero attached hydrogens (tertiary/aromatic N) is 3. The van der Waals surface area contributed by atoms with Gasteiger partial charge in [-0.2, -0.15) is 4.98 Å². The van der Waals surface area contributed by atoms with Crippen LogP contribution in [-0.4, -0.2) is 28.1 Å². The van der Waals surface area contributed by atoms with Crippen molar-refractivity contribution in [2.24, 2.45) is 0 Å². The van der Waals surface area contributed by atoms with Crippen molar-refractivity contribution in [1.82, 2.24) is 10.1 Å². The van der Waals surface area contributed by atoms with Crippen LogP contribution >= 0.6 is 0 Å². The van der Waals surface area contributed by atoms with Gasteiger partial charge in [0.2, 0.25) is 5.82 Å². The molecule has 0 aliphatic carbocycles. The Labute approximate surface area is 153 Å². The van der Waals surface area contributed by atoms with Crippen LogP contribution in [0.2, 0.25) is 0 Å². The minimum absolute atomic E-state index is 0.0612. The van der Waals surface area contributed by atoms with Crippen LogP contribution < -0.4 is 4.74 Å². The van der Waals surface area contributed by atoms with E-state index in [1.54, 1.807) is 0 Å². The number of methoxy groups -OCH3 is 1. The highest BCUT2D eigenvalue weighted by molar-refractivity contribution is 5.93. The van der Waals surface area contributed by atoms with E-state index in [9.17, 15) is 14.9 Å². The number of nitro benzene ring substituents is 1. The summed E-state index contributed by atoms with van der Waals surface area (Å²) in [6.45, 7) is 1.71. The first-order chi connectivity index (χ1) is 13.0. The van der Waals surface area contributed by atoms with Crippen molar-refractivity contribution in [3.8, 4) is 17.2 Å². The van der Waals surface area contributed by atoms with Crippen molar-refractivity contribution in [1.29, 1.82) is 0 Å². The van der Waals surface area contributed by atoms with Crippen molar-refractivity contribution in [3.63, 3.8) is 0 Å². The average molecular weight is 369 g/mol. The van der Waals surface area contributed by atoms with Crippen LogP contribution in [0.25, 0.3) is 11.5 Å². The molecular weight excluding hydrogens is 354 g/mol. The Hall–Kier alpha value is -3.75. The fraction of sp³-hybridized carbons (Fsp3) is 0.167. The third-order valence-corrected chi connectivity index (χ3v) is 3.71. The maximum Gasteiger partial charge on any atom is 0.342 e. The van der Waals surface area contributed by atoms with E-state index in [0.717, 1.165) is 17.2 Å². The highest BCUT2D eigenvalue weighted by Gasteiger charge is 2.20. The lowest BCUT2D eigenvalue weighted by Crippen LogP contribution is -2.08. The molecule has 0 radical (unpaired) electrons. The van der Waals surface area contributed by atoms with Gasteiger partial charge in [-0.15, -0.1) is 0 Å². The van der Waals surface area contributed by atoms with Crippen molar-refractivity contribution in [2.45, 2.75) is 13.5 Å². The van der Waals surface area contributed by atoms with Gasteiger partial charge in [0.15, 0.2) is 6.61 Å². The zero-order valence-electron chi connectivity index (χ0n) is 14.5. The smallest absolute Gasteiger partial charge is 0.342 e. The monoisotopic (exact) mass is 369 g/mol. The second kappa shape index (κ2) is 7.65. The highest BCUT2D eigenvalue weighted by atomic mass is 16.6. The van der Waals surface area contributed by atoms with Crippen molar-refractivity contribution < 1.29 is 23.7 Å². The minimum atomic E-state index is -0.794. The van der Waals surface area contributed by atoms with E-state index in [1.807, 2.05) is 31.2 Å². The third-order valence-electron chi connectivity index (χ3n) is 3.71. The van der Waals surface area contributed by atoms with E-state index in [1.165, 1.54) is 19.2 Å². The first-order valence-corrected chi connectivity index (χ1v) is 7.87. The average Bonchev–Trinajstić information content (AvgIpc) is 3.15. The molecular formula is C18H15N3O6. The summed E-state index contributed by atoms with van der Waals surface area (Å²) in [7, 11) is 1.35. The number of hydrogen-bond acceptors (Lipinski definition) is 8. The summed E-state index contributed by atoms with van der Waals surface area (Å²) in [4.78, 5) is 26.7. The molecule has 0 bridgehead atoms. The summed E-state index contributed by atoms with van der Waals surface area (Å²) >= 11 is 0. The predicted octanol–water partition coefficient (Wildman–Crippen LogP) is 3.32. The van der Waals surface area contributed by atoms with Crippen molar-refractivity contribution in [3.05, 3.63) is 69.5 Å². The van der Waals surface area contributed by atoms with Gasteiger partial charge in [-0.3, -0.25) is 10.1 Å². The number of carbonyl (C=O) groups excluding carboxylic acids is 1. The van der Waals surface area contributed by atoms with Crippen molar-refractivity contribution >= 4 is 11.7 Å². The lowest BCUT2D eigenvalue weighted by Gasteiger charge is -2.07. The van der Waals surface area contributed by atoms with Gasteiger partial charge in [-0.25, -0.2) is 4.79 Å². The molecule has 9 heteroatoms. The maximum atomic E-state index is 12.3. The Bertz CT molecular complexity index is 981. The van der Waals surface area contributed by atoms with E-state index in [4.69, 9.17) is 14.0 Å². The van der Waals surface area contributed by atoms with Crippen LogP contribution in [0.4, 0.5) is 5.69 Å². The molecule has 3 rings (SSSR count). The number of aryl methyl sites for hydroxylation is 1. The highest BCUT2D eigenvalue weighted by Crippen LogP contribution is 2.25. The van der Waals surface area contributed by atoms with Gasteiger partial charge in [0.25, 0.3) is 11.6 Å². The summed E-state index contributed by atoms with van der Waals surface area (Å²) < 4.78 is 15.3. The number of benzene rings is 2. The van der Waals surface area contributed by atoms with Crippen LogP contribution in [-0.2, 0) is 11.3 Å². The lowest BCUT2D eigenvalue weighted by atomic mass is 10.1. The summed E-state index contributed by atoms with van der Waals surface area (Å²) in [5, 5.41) is 14.7. The summed E-state index contributed by atoms with van der Waals surface area (Å²) in [5.74, 6) is -0.159. The predicted molar refractivity (Wildman–Crippen MR) is 93.2 cm³/mol. The van der Waals surface area contributed by atoms with Crippen molar-refractivity contribution in [2.75, 3.05) is 7.11 Å². The topological polar surface area (TPSA) is 118 Å². The molecule has 0 aliphatic heterocycles. The fourth-order valence-corrected chi connectivity index (χ4v) is 2.30. The molecule has 1 heterocycles. The zero-order valence-corrected chi connectivity index (χ0v) is 14.5. The van der Waals surface area contributed by atoms with E-state index < -0.39 is 10.9 Å². The van der Waals surface area contributed by atoms with Gasteiger partial charge >= 0.3 is 5.97 Å². The molecule has 9 nitrogen and oxygen atoms in total. The van der Waals surface area contributed by atoms with Gasteiger partial charge in [-0.05, 0) is 25.1 Å². The molecule has 0 spiro atoms. The molecule has 0 N–H and O–H groups in total. The van der Waals surface area contributed by atoms with Gasteiger partial charge < -0.3 is 14.0 Å². The molecule has 0 saturated carbocycles. The number of hydrogen-bond donors (Lipinski definition) is 0. The number of ether oxygens (including phenoxy) is 2. The Balaban J connectivity index is 1.72. The number of rotatable bonds is 6. The second-order valence-electron chi connectivity index (χ2n) is 5.60. The number of nitro groups is 1.